The zero-order valence-electron chi connectivity index (χ0n) is 16.1. The highest BCUT2D eigenvalue weighted by molar-refractivity contribution is 6.39. The Morgan fingerprint density at radius 1 is 1.18 bits per heavy atom. The van der Waals surface area contributed by atoms with Gasteiger partial charge in [-0.2, -0.15) is 5.10 Å². The van der Waals surface area contributed by atoms with E-state index in [0.717, 1.165) is 11.1 Å². The maximum Gasteiger partial charge on any atom is 0.329 e. The molecule has 0 aliphatic carbocycles. The van der Waals surface area contributed by atoms with Gasteiger partial charge in [0.1, 0.15) is 0 Å². The van der Waals surface area contributed by atoms with Crippen LogP contribution in [0.15, 0.2) is 35.4 Å². The minimum absolute atomic E-state index is 0.349. The Kier molecular flexibility index (Phi) is 7.40. The fourth-order valence-electron chi connectivity index (χ4n) is 2.50. The van der Waals surface area contributed by atoms with Gasteiger partial charge in [0.25, 0.3) is 0 Å². The Bertz CT molecular complexity index is 892. The van der Waals surface area contributed by atoms with Crippen LogP contribution in [0.3, 0.4) is 0 Å². The molecule has 7 nitrogen and oxygen atoms in total. The van der Waals surface area contributed by atoms with E-state index in [1.165, 1.54) is 13.3 Å². The molecule has 2 aromatic rings. The molecule has 0 fully saturated rings. The Morgan fingerprint density at radius 3 is 2.46 bits per heavy atom. The van der Waals surface area contributed by atoms with E-state index in [1.54, 1.807) is 12.1 Å². The zero-order chi connectivity index (χ0) is 20.7. The Labute approximate surface area is 168 Å². The standard InChI is InChI=1S/C20H22ClN3O4/c1-5-28-18-15(21)9-14(10-16(18)27-4)11-22-24-20(26)19(25)23-17-12(2)7-6-8-13(17)3/h6-11H,5H2,1-4H3,(H,23,25)(H,24,26)/b22-11-. The quantitative estimate of drug-likeness (QED) is 0.439. The molecule has 0 aliphatic rings. The zero-order valence-corrected chi connectivity index (χ0v) is 16.9. The maximum atomic E-state index is 12.1. The number of nitrogens with one attached hydrogen (secondary N) is 2. The molecule has 2 aromatic carbocycles. The molecule has 0 saturated carbocycles. The number of anilines is 1. The van der Waals surface area contributed by atoms with Gasteiger partial charge >= 0.3 is 11.8 Å². The van der Waals surface area contributed by atoms with E-state index in [2.05, 4.69) is 15.8 Å². The molecule has 148 valence electrons. The van der Waals surface area contributed by atoms with Crippen molar-refractivity contribution in [1.29, 1.82) is 0 Å². The lowest BCUT2D eigenvalue weighted by Crippen LogP contribution is -2.32. The highest BCUT2D eigenvalue weighted by atomic mass is 35.5. The largest absolute Gasteiger partial charge is 0.493 e. The van der Waals surface area contributed by atoms with Gasteiger partial charge in [-0.15, -0.1) is 0 Å². The summed E-state index contributed by atoms with van der Waals surface area (Å²) in [6, 6.07) is 8.84. The molecular weight excluding hydrogens is 382 g/mol. The van der Waals surface area contributed by atoms with Gasteiger partial charge < -0.3 is 14.8 Å². The van der Waals surface area contributed by atoms with Crippen LogP contribution in [0.25, 0.3) is 0 Å². The SMILES string of the molecule is CCOc1c(Cl)cc(/C=N\NC(=O)C(=O)Nc2c(C)cccc2C)cc1OC. The molecule has 0 aliphatic heterocycles. The third-order valence-electron chi connectivity index (χ3n) is 3.85. The molecule has 0 bridgehead atoms. The Morgan fingerprint density at radius 2 is 1.86 bits per heavy atom. The molecule has 0 spiro atoms. The summed E-state index contributed by atoms with van der Waals surface area (Å²) < 4.78 is 10.7. The number of hydrazone groups is 1. The number of aryl methyl sites for hydroxylation is 2. The Balaban J connectivity index is 2.05. The molecule has 0 saturated heterocycles. The number of carbonyl (C=O) groups is 2. The number of ether oxygens (including phenoxy) is 2. The number of carbonyl (C=O) groups excluding carboxylic acids is 2. The van der Waals surface area contributed by atoms with Crippen molar-refractivity contribution in [2.24, 2.45) is 5.10 Å². The third kappa shape index (κ3) is 5.23. The summed E-state index contributed by atoms with van der Waals surface area (Å²) in [5.74, 6) is -0.824. The summed E-state index contributed by atoms with van der Waals surface area (Å²) in [6.45, 7) is 5.97. The maximum absolute atomic E-state index is 12.1. The molecule has 0 heterocycles. The monoisotopic (exact) mass is 403 g/mol. The van der Waals surface area contributed by atoms with Crippen molar-refractivity contribution in [3.05, 3.63) is 52.0 Å². The normalized spacial score (nSPS) is 10.6. The van der Waals surface area contributed by atoms with Gasteiger partial charge in [0, 0.05) is 5.69 Å². The van der Waals surface area contributed by atoms with E-state index in [1.807, 2.05) is 39.0 Å². The number of methoxy groups -OCH3 is 1. The molecule has 8 heteroatoms. The van der Waals surface area contributed by atoms with Crippen LogP contribution in [-0.4, -0.2) is 31.7 Å². The molecule has 2 N–H and O–H groups in total. The molecule has 0 unspecified atom stereocenters. The summed E-state index contributed by atoms with van der Waals surface area (Å²) in [4.78, 5) is 24.1. The van der Waals surface area contributed by atoms with Crippen LogP contribution < -0.4 is 20.2 Å². The number of hydrogen-bond acceptors (Lipinski definition) is 5. The highest BCUT2D eigenvalue weighted by Crippen LogP contribution is 2.35. The average molecular weight is 404 g/mol. The molecule has 0 aromatic heterocycles. The van der Waals surface area contributed by atoms with Crippen molar-refractivity contribution in [3.8, 4) is 11.5 Å². The highest BCUT2D eigenvalue weighted by Gasteiger charge is 2.15. The number of rotatable bonds is 6. The molecule has 0 radical (unpaired) electrons. The van der Waals surface area contributed by atoms with E-state index >= 15 is 0 Å². The first-order chi connectivity index (χ1) is 13.4. The van der Waals surface area contributed by atoms with Crippen molar-refractivity contribution in [2.75, 3.05) is 19.0 Å². The van der Waals surface area contributed by atoms with Gasteiger partial charge in [-0.25, -0.2) is 5.43 Å². The topological polar surface area (TPSA) is 89.0 Å². The number of halogens is 1. The minimum atomic E-state index is -0.886. The van der Waals surface area contributed by atoms with Crippen LogP contribution in [0.1, 0.15) is 23.6 Å². The van der Waals surface area contributed by atoms with E-state index < -0.39 is 11.8 Å². The third-order valence-corrected chi connectivity index (χ3v) is 4.13. The number of amides is 2. The number of nitrogens with zero attached hydrogens (tertiary/aromatic N) is 1. The van der Waals surface area contributed by atoms with Crippen LogP contribution in [0.2, 0.25) is 5.02 Å². The van der Waals surface area contributed by atoms with Crippen LogP contribution in [-0.2, 0) is 9.59 Å². The second-order valence-electron chi connectivity index (χ2n) is 5.89. The number of para-hydroxylation sites is 1. The number of benzene rings is 2. The average Bonchev–Trinajstić information content (AvgIpc) is 2.66. The number of hydrogen-bond donors (Lipinski definition) is 2. The second-order valence-corrected chi connectivity index (χ2v) is 6.29. The summed E-state index contributed by atoms with van der Waals surface area (Å²) >= 11 is 6.19. The fourth-order valence-corrected chi connectivity index (χ4v) is 2.77. The summed E-state index contributed by atoms with van der Waals surface area (Å²) in [6.07, 6.45) is 1.36. The lowest BCUT2D eigenvalue weighted by atomic mass is 10.1. The predicted octanol–water partition coefficient (Wildman–Crippen LogP) is 3.45. The van der Waals surface area contributed by atoms with Gasteiger partial charge in [-0.05, 0) is 49.6 Å². The molecular formula is C20H22ClN3O4. The van der Waals surface area contributed by atoms with Gasteiger partial charge in [0.2, 0.25) is 0 Å². The molecule has 2 rings (SSSR count). The first-order valence-corrected chi connectivity index (χ1v) is 8.96. The Hall–Kier alpha value is -3.06. The fraction of sp³-hybridized carbons (Fsp3) is 0.250. The summed E-state index contributed by atoms with van der Waals surface area (Å²) in [7, 11) is 1.49. The first-order valence-electron chi connectivity index (χ1n) is 8.58. The minimum Gasteiger partial charge on any atom is -0.493 e. The van der Waals surface area contributed by atoms with Crippen molar-refractivity contribution < 1.29 is 19.1 Å². The van der Waals surface area contributed by atoms with E-state index in [4.69, 9.17) is 21.1 Å². The van der Waals surface area contributed by atoms with Crippen molar-refractivity contribution in [2.45, 2.75) is 20.8 Å². The van der Waals surface area contributed by atoms with E-state index in [9.17, 15) is 9.59 Å². The first kappa shape index (κ1) is 21.2. The van der Waals surface area contributed by atoms with Gasteiger partial charge in [0.15, 0.2) is 11.5 Å². The van der Waals surface area contributed by atoms with Gasteiger partial charge in [0.05, 0.1) is 25.0 Å². The van der Waals surface area contributed by atoms with Gasteiger partial charge in [-0.1, -0.05) is 29.8 Å². The summed E-state index contributed by atoms with van der Waals surface area (Å²) in [5, 5.41) is 6.74. The summed E-state index contributed by atoms with van der Waals surface area (Å²) in [5.41, 5.74) is 5.09. The molecule has 0 atom stereocenters. The lowest BCUT2D eigenvalue weighted by Gasteiger charge is -2.11. The van der Waals surface area contributed by atoms with Gasteiger partial charge in [-0.3, -0.25) is 9.59 Å². The van der Waals surface area contributed by atoms with Crippen molar-refractivity contribution in [1.82, 2.24) is 5.43 Å². The van der Waals surface area contributed by atoms with Crippen LogP contribution in [0.5, 0.6) is 11.5 Å². The second kappa shape index (κ2) is 9.75. The van der Waals surface area contributed by atoms with Crippen LogP contribution in [0.4, 0.5) is 5.69 Å². The van der Waals surface area contributed by atoms with Crippen molar-refractivity contribution >= 4 is 35.3 Å². The van der Waals surface area contributed by atoms with E-state index in [0.29, 0.717) is 34.4 Å². The predicted molar refractivity (Wildman–Crippen MR) is 109 cm³/mol. The molecule has 2 amide bonds. The smallest absolute Gasteiger partial charge is 0.329 e. The van der Waals surface area contributed by atoms with Crippen LogP contribution in [0, 0.1) is 13.8 Å². The van der Waals surface area contributed by atoms with E-state index in [-0.39, 0.29) is 0 Å². The van der Waals surface area contributed by atoms with Crippen molar-refractivity contribution in [3.63, 3.8) is 0 Å². The molecule has 28 heavy (non-hydrogen) atoms. The van der Waals surface area contributed by atoms with Crippen LogP contribution >= 0.6 is 11.6 Å². The lowest BCUT2D eigenvalue weighted by molar-refractivity contribution is -0.136.